The number of hydrogen-bond acceptors (Lipinski definition) is 8. The number of hydroxylamine groups is 1. The molecule has 0 aliphatic carbocycles. The van der Waals surface area contributed by atoms with E-state index in [9.17, 15) is 23.1 Å². The lowest BCUT2D eigenvalue weighted by molar-refractivity contribution is -0.139. The highest BCUT2D eigenvalue weighted by Gasteiger charge is 2.33. The fraction of sp³-hybridized carbons (Fsp3) is 0.346. The van der Waals surface area contributed by atoms with Gasteiger partial charge in [0.15, 0.2) is 5.95 Å². The summed E-state index contributed by atoms with van der Waals surface area (Å²) in [5.41, 5.74) is 4.03. The zero-order valence-electron chi connectivity index (χ0n) is 21.8. The summed E-state index contributed by atoms with van der Waals surface area (Å²) in [5, 5.41) is 14.9. The standard InChI is InChI=1S/C26H30Cl2N6O6S/c27-19-12-17(16-6-2-1-3-7-16)13-20(28)23(19)41(38,39)34-22(25(36)37)15-32-24(35)21-14-18(40-33-21)8-4-5-9-29-26-30-10-11-31-26/h1-3,6-7,10-13,18,21-22,33-34H,4-5,8-9,14-15H2,(H,32,35)(H,36,37)(H2,29,30,31). The maximum absolute atomic E-state index is 13.1. The quantitative estimate of drug-likeness (QED) is 0.147. The van der Waals surface area contributed by atoms with Gasteiger partial charge in [0.2, 0.25) is 15.9 Å². The van der Waals surface area contributed by atoms with Crippen LogP contribution in [-0.2, 0) is 24.4 Å². The summed E-state index contributed by atoms with van der Waals surface area (Å²) in [5.74, 6) is -1.30. The minimum absolute atomic E-state index is 0.174. The molecule has 0 radical (unpaired) electrons. The molecule has 1 fully saturated rings. The van der Waals surface area contributed by atoms with E-state index in [0.29, 0.717) is 17.9 Å². The van der Waals surface area contributed by atoms with E-state index in [1.54, 1.807) is 12.4 Å². The Bertz CT molecular complexity index is 1420. The highest BCUT2D eigenvalue weighted by molar-refractivity contribution is 7.89. The molecule has 3 unspecified atom stereocenters. The van der Waals surface area contributed by atoms with Crippen molar-refractivity contribution in [3.8, 4) is 11.1 Å². The van der Waals surface area contributed by atoms with Crippen molar-refractivity contribution in [1.29, 1.82) is 0 Å². The van der Waals surface area contributed by atoms with Gasteiger partial charge >= 0.3 is 5.97 Å². The predicted octanol–water partition coefficient (Wildman–Crippen LogP) is 3.18. The molecule has 12 nitrogen and oxygen atoms in total. The molecule has 3 aromatic rings. The van der Waals surface area contributed by atoms with Crippen LogP contribution in [0.15, 0.2) is 59.8 Å². The maximum Gasteiger partial charge on any atom is 0.323 e. The molecule has 4 rings (SSSR count). The number of benzene rings is 2. The smallest absolute Gasteiger partial charge is 0.323 e. The first kappa shape index (κ1) is 30.8. The maximum atomic E-state index is 13.1. The number of aromatic amines is 1. The molecule has 41 heavy (non-hydrogen) atoms. The lowest BCUT2D eigenvalue weighted by atomic mass is 10.1. The number of unbranched alkanes of at least 4 members (excludes halogenated alkanes) is 1. The molecular formula is C26H30Cl2N6O6S. The minimum atomic E-state index is -4.47. The molecule has 2 heterocycles. The van der Waals surface area contributed by atoms with Gasteiger partial charge in [-0.1, -0.05) is 53.5 Å². The number of carboxylic acid groups (broad SMARTS) is 1. The summed E-state index contributed by atoms with van der Waals surface area (Å²) in [6, 6.07) is 9.57. The number of rotatable bonds is 14. The second-order valence-electron chi connectivity index (χ2n) is 9.40. The number of anilines is 1. The van der Waals surface area contributed by atoms with E-state index < -0.39 is 45.4 Å². The number of hydrogen-bond donors (Lipinski definition) is 6. The molecule has 220 valence electrons. The Hall–Kier alpha value is -3.20. The summed E-state index contributed by atoms with van der Waals surface area (Å²) in [7, 11) is -4.47. The Morgan fingerprint density at radius 3 is 2.51 bits per heavy atom. The van der Waals surface area contributed by atoms with E-state index >= 15 is 0 Å². The summed E-state index contributed by atoms with van der Waals surface area (Å²) >= 11 is 12.6. The molecule has 6 N–H and O–H groups in total. The molecular weight excluding hydrogens is 595 g/mol. The number of carbonyl (C=O) groups is 2. The Labute approximate surface area is 247 Å². The van der Waals surface area contributed by atoms with Gasteiger partial charge in [0.25, 0.3) is 0 Å². The molecule has 2 aromatic carbocycles. The van der Waals surface area contributed by atoms with Crippen LogP contribution >= 0.6 is 23.2 Å². The third-order valence-electron chi connectivity index (χ3n) is 6.39. The van der Waals surface area contributed by atoms with Crippen LogP contribution in [0.3, 0.4) is 0 Å². The number of aromatic nitrogens is 2. The summed E-state index contributed by atoms with van der Waals surface area (Å²) in [6.07, 6.45) is 6.05. The lowest BCUT2D eigenvalue weighted by Gasteiger charge is -2.18. The van der Waals surface area contributed by atoms with Crippen LogP contribution in [0.25, 0.3) is 11.1 Å². The minimum Gasteiger partial charge on any atom is -0.480 e. The van der Waals surface area contributed by atoms with Crippen molar-refractivity contribution >= 4 is 51.0 Å². The van der Waals surface area contributed by atoms with E-state index in [2.05, 4.69) is 30.8 Å². The van der Waals surface area contributed by atoms with Crippen molar-refractivity contribution in [2.24, 2.45) is 0 Å². The summed E-state index contributed by atoms with van der Waals surface area (Å²) in [6.45, 7) is 0.226. The number of halogens is 2. The van der Waals surface area contributed by atoms with Crippen LogP contribution in [0.1, 0.15) is 25.7 Å². The number of imidazole rings is 1. The number of carbonyl (C=O) groups excluding carboxylic acids is 1. The first-order chi connectivity index (χ1) is 19.6. The normalized spacial score (nSPS) is 17.7. The highest BCUT2D eigenvalue weighted by atomic mass is 35.5. The van der Waals surface area contributed by atoms with Crippen LogP contribution in [0.5, 0.6) is 0 Å². The molecule has 1 aliphatic rings. The first-order valence-electron chi connectivity index (χ1n) is 12.9. The second-order valence-corrected chi connectivity index (χ2v) is 11.9. The van der Waals surface area contributed by atoms with Crippen molar-refractivity contribution in [2.45, 2.75) is 48.8 Å². The molecule has 1 saturated heterocycles. The van der Waals surface area contributed by atoms with E-state index in [1.165, 1.54) is 12.1 Å². The van der Waals surface area contributed by atoms with Crippen LogP contribution in [-0.4, -0.2) is 66.6 Å². The number of amides is 1. The van der Waals surface area contributed by atoms with Crippen LogP contribution < -0.4 is 20.8 Å². The Morgan fingerprint density at radius 1 is 1.12 bits per heavy atom. The Kier molecular flexibility index (Phi) is 10.6. The van der Waals surface area contributed by atoms with Gasteiger partial charge in [-0.05, 0) is 42.5 Å². The van der Waals surface area contributed by atoms with Gasteiger partial charge in [0, 0.05) is 31.9 Å². The van der Waals surface area contributed by atoms with Gasteiger partial charge in [-0.25, -0.2) is 13.4 Å². The largest absolute Gasteiger partial charge is 0.480 e. The first-order valence-corrected chi connectivity index (χ1v) is 15.1. The van der Waals surface area contributed by atoms with Crippen LogP contribution in [0, 0.1) is 0 Å². The van der Waals surface area contributed by atoms with Crippen molar-refractivity contribution < 1.29 is 28.0 Å². The number of H-pyrrole nitrogens is 1. The van der Waals surface area contributed by atoms with Gasteiger partial charge in [-0.2, -0.15) is 10.2 Å². The molecule has 15 heteroatoms. The highest BCUT2D eigenvalue weighted by Crippen LogP contribution is 2.34. The number of aliphatic carboxylic acids is 1. The molecule has 1 aromatic heterocycles. The van der Waals surface area contributed by atoms with Crippen molar-refractivity contribution in [3.63, 3.8) is 0 Å². The fourth-order valence-corrected chi connectivity index (χ4v) is 6.71. The average molecular weight is 626 g/mol. The van der Waals surface area contributed by atoms with E-state index in [4.69, 9.17) is 28.0 Å². The Morgan fingerprint density at radius 2 is 1.85 bits per heavy atom. The zero-order valence-corrected chi connectivity index (χ0v) is 24.1. The van der Waals surface area contributed by atoms with E-state index in [1.807, 2.05) is 30.3 Å². The van der Waals surface area contributed by atoms with Crippen molar-refractivity contribution in [1.82, 2.24) is 25.5 Å². The second kappa shape index (κ2) is 14.1. The van der Waals surface area contributed by atoms with Gasteiger partial charge in [-0.3, -0.25) is 14.4 Å². The summed E-state index contributed by atoms with van der Waals surface area (Å²) in [4.78, 5) is 36.6. The lowest BCUT2D eigenvalue weighted by Crippen LogP contribution is -2.51. The van der Waals surface area contributed by atoms with Gasteiger partial charge in [-0.15, -0.1) is 0 Å². The van der Waals surface area contributed by atoms with Gasteiger partial charge in [0.1, 0.15) is 17.0 Å². The predicted molar refractivity (Wildman–Crippen MR) is 154 cm³/mol. The molecule has 0 spiro atoms. The SMILES string of the molecule is O=C(O)C(CNC(=O)C1CC(CCCCNc2ncc[nH]2)ON1)NS(=O)(=O)c1c(Cl)cc(-c2ccccc2)cc1Cl. The van der Waals surface area contributed by atoms with Crippen molar-refractivity contribution in [3.05, 3.63) is 64.9 Å². The van der Waals surface area contributed by atoms with Gasteiger partial charge in [0.05, 0.1) is 16.1 Å². The third-order valence-corrected chi connectivity index (χ3v) is 8.78. The van der Waals surface area contributed by atoms with Crippen LogP contribution in [0.4, 0.5) is 5.95 Å². The Balaban J connectivity index is 1.28. The average Bonchev–Trinajstić information content (AvgIpc) is 3.63. The molecule has 1 amide bonds. The van der Waals surface area contributed by atoms with Crippen LogP contribution in [0.2, 0.25) is 10.0 Å². The number of nitrogens with zero attached hydrogens (tertiary/aromatic N) is 1. The van der Waals surface area contributed by atoms with Gasteiger partial charge < -0.3 is 20.7 Å². The number of nitrogens with one attached hydrogen (secondary N) is 5. The number of carboxylic acids is 1. The molecule has 3 atom stereocenters. The number of sulfonamides is 1. The summed E-state index contributed by atoms with van der Waals surface area (Å²) < 4.78 is 28.3. The van der Waals surface area contributed by atoms with E-state index in [0.717, 1.165) is 31.4 Å². The van der Waals surface area contributed by atoms with E-state index in [-0.39, 0.29) is 16.1 Å². The van der Waals surface area contributed by atoms with Crippen molar-refractivity contribution in [2.75, 3.05) is 18.4 Å². The molecule has 1 aliphatic heterocycles. The molecule has 0 saturated carbocycles. The topological polar surface area (TPSA) is 175 Å². The zero-order chi connectivity index (χ0) is 29.4. The molecule has 0 bridgehead atoms. The fourth-order valence-electron chi connectivity index (χ4n) is 4.31. The monoisotopic (exact) mass is 624 g/mol. The third kappa shape index (κ3) is 8.41.